The summed E-state index contributed by atoms with van der Waals surface area (Å²) in [5.41, 5.74) is 2.27. The molecule has 22 heavy (non-hydrogen) atoms. The molecule has 2 heteroatoms. The molecule has 0 aromatic carbocycles. The third-order valence-corrected chi connectivity index (χ3v) is 7.66. The first-order valence-electron chi connectivity index (χ1n) is 9.23. The fourth-order valence-electron chi connectivity index (χ4n) is 6.32. The van der Waals surface area contributed by atoms with Crippen molar-refractivity contribution in [1.29, 1.82) is 0 Å². The van der Waals surface area contributed by atoms with Crippen molar-refractivity contribution < 1.29 is 10.2 Å². The van der Waals surface area contributed by atoms with E-state index in [1.807, 2.05) is 0 Å². The second-order valence-electron chi connectivity index (χ2n) is 9.45. The molecule has 0 aliphatic heterocycles. The lowest BCUT2D eigenvalue weighted by Crippen LogP contribution is -2.51. The normalized spacial score (nSPS) is 45.5. The first-order valence-corrected chi connectivity index (χ1v) is 9.23. The van der Waals surface area contributed by atoms with Crippen LogP contribution in [0.5, 0.6) is 0 Å². The molecule has 0 aromatic heterocycles. The van der Waals surface area contributed by atoms with Crippen LogP contribution in [0.1, 0.15) is 72.6 Å². The Bertz CT molecular complexity index is 466. The molecule has 5 atom stereocenters. The van der Waals surface area contributed by atoms with Gasteiger partial charge in [0.25, 0.3) is 0 Å². The zero-order valence-electron chi connectivity index (χ0n) is 14.9. The van der Waals surface area contributed by atoms with Crippen LogP contribution in [0.3, 0.4) is 0 Å². The summed E-state index contributed by atoms with van der Waals surface area (Å²) in [6, 6.07) is 0. The van der Waals surface area contributed by atoms with Gasteiger partial charge in [-0.25, -0.2) is 0 Å². The summed E-state index contributed by atoms with van der Waals surface area (Å²) in [5, 5.41) is 19.6. The molecule has 0 spiro atoms. The molecule has 0 heterocycles. The Balaban J connectivity index is 1.92. The summed E-state index contributed by atoms with van der Waals surface area (Å²) in [5.74, 6) is 1.54. The molecule has 2 saturated carbocycles. The van der Waals surface area contributed by atoms with Crippen molar-refractivity contribution in [3.63, 3.8) is 0 Å². The zero-order chi connectivity index (χ0) is 16.2. The minimum atomic E-state index is -0.616. The third kappa shape index (κ3) is 2.38. The van der Waals surface area contributed by atoms with Gasteiger partial charge in [-0.2, -0.15) is 0 Å². The van der Waals surface area contributed by atoms with E-state index in [-0.39, 0.29) is 12.0 Å². The lowest BCUT2D eigenvalue weighted by molar-refractivity contribution is -0.0673. The molecule has 3 aliphatic rings. The Kier molecular flexibility index (Phi) is 4.01. The number of allylic oxidation sites excluding steroid dienone is 1. The number of aliphatic hydroxyl groups excluding tert-OH is 2. The first kappa shape index (κ1) is 16.5. The van der Waals surface area contributed by atoms with E-state index >= 15 is 0 Å². The standard InChI is InChI=1S/C20H34O2/c1-18(2)9-5-10-20(4)15-8-11-19(3,17(22)13-21)12-14(15)6-7-16(18)20/h12,15-17,21-22H,5-11,13H2,1-4H3. The summed E-state index contributed by atoms with van der Waals surface area (Å²) in [4.78, 5) is 0. The lowest BCUT2D eigenvalue weighted by atomic mass is 9.45. The average Bonchev–Trinajstić information content (AvgIpc) is 2.45. The van der Waals surface area contributed by atoms with Crippen molar-refractivity contribution in [2.75, 3.05) is 6.61 Å². The van der Waals surface area contributed by atoms with Crippen LogP contribution in [-0.2, 0) is 0 Å². The maximum Gasteiger partial charge on any atom is 0.0858 e. The quantitative estimate of drug-likeness (QED) is 0.746. The van der Waals surface area contributed by atoms with E-state index < -0.39 is 6.10 Å². The molecule has 3 aliphatic carbocycles. The fourth-order valence-corrected chi connectivity index (χ4v) is 6.32. The summed E-state index contributed by atoms with van der Waals surface area (Å²) in [6.07, 6.45) is 10.5. The van der Waals surface area contributed by atoms with Crippen molar-refractivity contribution in [2.45, 2.75) is 78.7 Å². The number of aliphatic hydroxyl groups is 2. The second-order valence-corrected chi connectivity index (χ2v) is 9.45. The van der Waals surface area contributed by atoms with E-state index in [1.54, 1.807) is 5.57 Å². The number of rotatable bonds is 2. The predicted molar refractivity (Wildman–Crippen MR) is 90.5 cm³/mol. The molecule has 0 aromatic rings. The molecule has 126 valence electrons. The molecular formula is C20H34O2. The Morgan fingerprint density at radius 3 is 2.55 bits per heavy atom. The van der Waals surface area contributed by atoms with Crippen LogP contribution in [0.15, 0.2) is 11.6 Å². The summed E-state index contributed by atoms with van der Waals surface area (Å²) in [7, 11) is 0. The number of hydrogen-bond donors (Lipinski definition) is 2. The monoisotopic (exact) mass is 306 g/mol. The average molecular weight is 306 g/mol. The highest BCUT2D eigenvalue weighted by Gasteiger charge is 2.54. The van der Waals surface area contributed by atoms with Gasteiger partial charge in [0.2, 0.25) is 0 Å². The van der Waals surface area contributed by atoms with Gasteiger partial charge in [-0.3, -0.25) is 0 Å². The van der Waals surface area contributed by atoms with E-state index in [2.05, 4.69) is 33.8 Å². The Hall–Kier alpha value is -0.340. The SMILES string of the molecule is CC1(C)CCCC2(C)C3CCC(C)(C(O)CO)C=C3CCC12. The molecule has 3 rings (SSSR count). The van der Waals surface area contributed by atoms with Gasteiger partial charge >= 0.3 is 0 Å². The smallest absolute Gasteiger partial charge is 0.0858 e. The minimum absolute atomic E-state index is 0.127. The largest absolute Gasteiger partial charge is 0.394 e. The van der Waals surface area contributed by atoms with E-state index in [0.717, 1.165) is 12.3 Å². The molecule has 2 fully saturated rings. The van der Waals surface area contributed by atoms with Crippen molar-refractivity contribution in [3.8, 4) is 0 Å². The van der Waals surface area contributed by atoms with Gasteiger partial charge in [-0.1, -0.05) is 45.8 Å². The van der Waals surface area contributed by atoms with Gasteiger partial charge in [0, 0.05) is 5.41 Å². The molecule has 2 nitrogen and oxygen atoms in total. The molecule has 0 bridgehead atoms. The minimum Gasteiger partial charge on any atom is -0.394 e. The highest BCUT2D eigenvalue weighted by molar-refractivity contribution is 5.24. The Morgan fingerprint density at radius 1 is 1.14 bits per heavy atom. The molecule has 5 unspecified atom stereocenters. The third-order valence-electron chi connectivity index (χ3n) is 7.66. The van der Waals surface area contributed by atoms with Gasteiger partial charge < -0.3 is 10.2 Å². The molecule has 0 saturated heterocycles. The molecular weight excluding hydrogens is 272 g/mol. The van der Waals surface area contributed by atoms with Gasteiger partial charge in [-0.05, 0) is 61.2 Å². The fraction of sp³-hybridized carbons (Fsp3) is 0.900. The number of hydrogen-bond acceptors (Lipinski definition) is 2. The predicted octanol–water partition coefficient (Wildman–Crippen LogP) is 4.31. The van der Waals surface area contributed by atoms with E-state index in [0.29, 0.717) is 16.7 Å². The Morgan fingerprint density at radius 2 is 1.86 bits per heavy atom. The van der Waals surface area contributed by atoms with Crippen LogP contribution < -0.4 is 0 Å². The molecule has 0 amide bonds. The molecule has 2 N–H and O–H groups in total. The summed E-state index contributed by atoms with van der Waals surface area (Å²) >= 11 is 0. The maximum absolute atomic E-state index is 10.2. The van der Waals surface area contributed by atoms with Gasteiger partial charge in [0.1, 0.15) is 0 Å². The first-order chi connectivity index (χ1) is 10.2. The van der Waals surface area contributed by atoms with Crippen LogP contribution in [0.4, 0.5) is 0 Å². The summed E-state index contributed by atoms with van der Waals surface area (Å²) < 4.78 is 0. The van der Waals surface area contributed by atoms with Crippen molar-refractivity contribution in [2.24, 2.45) is 28.1 Å². The van der Waals surface area contributed by atoms with Crippen LogP contribution in [0.2, 0.25) is 0 Å². The van der Waals surface area contributed by atoms with Crippen LogP contribution in [0.25, 0.3) is 0 Å². The van der Waals surface area contributed by atoms with Crippen LogP contribution in [0, 0.1) is 28.1 Å². The second kappa shape index (κ2) is 5.34. The van der Waals surface area contributed by atoms with Crippen LogP contribution in [-0.4, -0.2) is 22.9 Å². The highest BCUT2D eigenvalue weighted by Crippen LogP contribution is 2.63. The van der Waals surface area contributed by atoms with Crippen LogP contribution >= 0.6 is 0 Å². The highest BCUT2D eigenvalue weighted by atomic mass is 16.3. The van der Waals surface area contributed by atoms with Crippen molar-refractivity contribution in [1.82, 2.24) is 0 Å². The molecule has 0 radical (unpaired) electrons. The zero-order valence-corrected chi connectivity index (χ0v) is 14.9. The van der Waals surface area contributed by atoms with E-state index in [9.17, 15) is 10.2 Å². The lowest BCUT2D eigenvalue weighted by Gasteiger charge is -2.60. The van der Waals surface area contributed by atoms with Gasteiger partial charge in [0.15, 0.2) is 0 Å². The number of fused-ring (bicyclic) bond motifs is 3. The maximum atomic E-state index is 10.2. The topological polar surface area (TPSA) is 40.5 Å². The Labute approximate surface area is 136 Å². The van der Waals surface area contributed by atoms with Crippen molar-refractivity contribution >= 4 is 0 Å². The van der Waals surface area contributed by atoms with Gasteiger partial charge in [0.05, 0.1) is 12.7 Å². The summed E-state index contributed by atoms with van der Waals surface area (Å²) in [6.45, 7) is 9.49. The van der Waals surface area contributed by atoms with Gasteiger partial charge in [-0.15, -0.1) is 0 Å². The van der Waals surface area contributed by atoms with E-state index in [4.69, 9.17) is 0 Å². The van der Waals surface area contributed by atoms with Crippen molar-refractivity contribution in [3.05, 3.63) is 11.6 Å². The van der Waals surface area contributed by atoms with E-state index in [1.165, 1.54) is 38.5 Å².